The van der Waals surface area contributed by atoms with E-state index in [1.165, 1.54) is 64.6 Å². The standard InChI is InChI=1S/C8H13ClO.C7H16N2.CH4/c9-8(10)6-5-7-3-1-2-4-7;8-4-3-7-9-5-1-2-6-9;/h7H,1-6H2;1-8H2;1H4. The molecule has 2 fully saturated rings. The second-order valence-electron chi connectivity index (χ2n) is 5.74. The van der Waals surface area contributed by atoms with Crippen molar-refractivity contribution in [3.05, 3.63) is 0 Å². The number of nitrogens with zero attached hydrogens (tertiary/aromatic N) is 1. The van der Waals surface area contributed by atoms with Crippen molar-refractivity contribution in [1.82, 2.24) is 4.90 Å². The van der Waals surface area contributed by atoms with Gasteiger partial charge in [0, 0.05) is 6.42 Å². The third kappa shape index (κ3) is 9.73. The van der Waals surface area contributed by atoms with Crippen molar-refractivity contribution in [2.24, 2.45) is 11.7 Å². The molecule has 0 aromatic rings. The third-order valence-electron chi connectivity index (χ3n) is 4.10. The van der Waals surface area contributed by atoms with Crippen molar-refractivity contribution in [2.75, 3.05) is 26.2 Å². The lowest BCUT2D eigenvalue weighted by Crippen LogP contribution is -2.22. The van der Waals surface area contributed by atoms with E-state index in [-0.39, 0.29) is 12.7 Å². The monoisotopic (exact) mass is 304 g/mol. The van der Waals surface area contributed by atoms with Crippen LogP contribution in [0.4, 0.5) is 0 Å². The molecule has 1 heterocycles. The molecule has 2 aliphatic rings. The fraction of sp³-hybridized carbons (Fsp3) is 0.938. The first-order valence-electron chi connectivity index (χ1n) is 7.83. The molecule has 3 nitrogen and oxygen atoms in total. The number of likely N-dealkylation sites (tertiary alicyclic amines) is 1. The zero-order chi connectivity index (χ0) is 13.9. The average Bonchev–Trinajstić information content (AvgIpc) is 3.08. The Morgan fingerprint density at radius 2 is 1.75 bits per heavy atom. The van der Waals surface area contributed by atoms with Crippen molar-refractivity contribution in [2.45, 2.75) is 65.2 Å². The van der Waals surface area contributed by atoms with Crippen LogP contribution in [0.25, 0.3) is 0 Å². The van der Waals surface area contributed by atoms with Crippen molar-refractivity contribution in [3.63, 3.8) is 0 Å². The van der Waals surface area contributed by atoms with Crippen LogP contribution >= 0.6 is 11.6 Å². The summed E-state index contributed by atoms with van der Waals surface area (Å²) >= 11 is 5.22. The zero-order valence-corrected chi connectivity index (χ0v) is 12.8. The van der Waals surface area contributed by atoms with Crippen molar-refractivity contribution in [1.29, 1.82) is 0 Å². The quantitative estimate of drug-likeness (QED) is 0.759. The minimum absolute atomic E-state index is 0. The van der Waals surface area contributed by atoms with Gasteiger partial charge in [0.1, 0.15) is 0 Å². The molecule has 20 heavy (non-hydrogen) atoms. The fourth-order valence-electron chi connectivity index (χ4n) is 2.94. The second-order valence-corrected chi connectivity index (χ2v) is 6.16. The number of halogens is 1. The van der Waals surface area contributed by atoms with Gasteiger partial charge in [-0.05, 0) is 69.4 Å². The minimum Gasteiger partial charge on any atom is -0.330 e. The lowest BCUT2D eigenvalue weighted by atomic mass is 10.0. The van der Waals surface area contributed by atoms with E-state index in [0.717, 1.165) is 18.9 Å². The van der Waals surface area contributed by atoms with E-state index >= 15 is 0 Å². The lowest BCUT2D eigenvalue weighted by molar-refractivity contribution is -0.111. The molecule has 0 amide bonds. The summed E-state index contributed by atoms with van der Waals surface area (Å²) in [6, 6.07) is 0. The molecule has 1 aliphatic heterocycles. The molecule has 0 unspecified atom stereocenters. The van der Waals surface area contributed by atoms with Crippen molar-refractivity contribution >= 4 is 16.8 Å². The summed E-state index contributed by atoms with van der Waals surface area (Å²) < 4.78 is 0. The Balaban J connectivity index is 0.000000345. The molecule has 1 aliphatic carbocycles. The molecule has 0 aromatic heterocycles. The molecule has 0 radical (unpaired) electrons. The van der Waals surface area contributed by atoms with Crippen LogP contribution in [0, 0.1) is 5.92 Å². The molecule has 120 valence electrons. The zero-order valence-electron chi connectivity index (χ0n) is 12.1. The molecule has 0 atom stereocenters. The predicted molar refractivity (Wildman–Crippen MR) is 88.1 cm³/mol. The van der Waals surface area contributed by atoms with Gasteiger partial charge in [-0.2, -0.15) is 0 Å². The summed E-state index contributed by atoms with van der Waals surface area (Å²) in [5.74, 6) is 0.794. The highest BCUT2D eigenvalue weighted by Crippen LogP contribution is 2.28. The van der Waals surface area contributed by atoms with Crippen molar-refractivity contribution < 1.29 is 4.79 Å². The SMILES string of the molecule is C.NCCCN1CCCC1.O=C(Cl)CCC1CCCC1. The number of hydrogen-bond acceptors (Lipinski definition) is 3. The minimum atomic E-state index is -0.174. The average molecular weight is 305 g/mol. The van der Waals surface area contributed by atoms with Crippen LogP contribution in [0.3, 0.4) is 0 Å². The summed E-state index contributed by atoms with van der Waals surface area (Å²) in [5.41, 5.74) is 5.38. The van der Waals surface area contributed by atoms with E-state index in [1.807, 2.05) is 0 Å². The molecule has 2 rings (SSSR count). The largest absolute Gasteiger partial charge is 0.330 e. The number of carbonyl (C=O) groups is 1. The van der Waals surface area contributed by atoms with Gasteiger partial charge in [-0.25, -0.2) is 0 Å². The summed E-state index contributed by atoms with van der Waals surface area (Å²) in [7, 11) is 0. The predicted octanol–water partition coefficient (Wildman–Crippen LogP) is 3.79. The Bertz CT molecular complexity index is 237. The van der Waals surface area contributed by atoms with E-state index in [0.29, 0.717) is 6.42 Å². The van der Waals surface area contributed by atoms with E-state index in [9.17, 15) is 4.79 Å². The normalized spacial score (nSPS) is 19.3. The molecule has 0 aromatic carbocycles. The van der Waals surface area contributed by atoms with E-state index < -0.39 is 0 Å². The lowest BCUT2D eigenvalue weighted by Gasteiger charge is -2.12. The molecular formula is C16H33ClN2O. The van der Waals surface area contributed by atoms with Crippen LogP contribution < -0.4 is 5.73 Å². The van der Waals surface area contributed by atoms with Crippen LogP contribution in [-0.4, -0.2) is 36.3 Å². The summed E-state index contributed by atoms with van der Waals surface area (Å²) in [6.07, 6.45) is 10.9. The van der Waals surface area contributed by atoms with Crippen LogP contribution in [0.2, 0.25) is 0 Å². The van der Waals surface area contributed by atoms with Gasteiger partial charge in [0.15, 0.2) is 0 Å². The van der Waals surface area contributed by atoms with Gasteiger partial charge in [-0.1, -0.05) is 33.1 Å². The van der Waals surface area contributed by atoms with Crippen LogP contribution in [0.5, 0.6) is 0 Å². The maximum Gasteiger partial charge on any atom is 0.221 e. The topological polar surface area (TPSA) is 46.3 Å². The van der Waals surface area contributed by atoms with Gasteiger partial charge >= 0.3 is 0 Å². The Morgan fingerprint density at radius 3 is 2.25 bits per heavy atom. The number of hydrogen-bond donors (Lipinski definition) is 1. The molecule has 1 saturated heterocycles. The maximum atomic E-state index is 10.4. The Hall–Kier alpha value is -0.120. The second kappa shape index (κ2) is 12.6. The van der Waals surface area contributed by atoms with Crippen LogP contribution in [-0.2, 0) is 4.79 Å². The first-order chi connectivity index (χ1) is 9.22. The van der Waals surface area contributed by atoms with E-state index in [2.05, 4.69) is 4.90 Å². The Morgan fingerprint density at radius 1 is 1.15 bits per heavy atom. The molecule has 0 spiro atoms. The number of carbonyl (C=O) groups excluding carboxylic acids is 1. The summed E-state index contributed by atoms with van der Waals surface area (Å²) in [5, 5.41) is -0.174. The molecule has 4 heteroatoms. The highest BCUT2D eigenvalue weighted by Gasteiger charge is 2.15. The first kappa shape index (κ1) is 19.9. The van der Waals surface area contributed by atoms with Crippen molar-refractivity contribution in [3.8, 4) is 0 Å². The summed E-state index contributed by atoms with van der Waals surface area (Å²) in [4.78, 5) is 12.9. The molecule has 0 bridgehead atoms. The number of rotatable bonds is 6. The molecule has 2 N–H and O–H groups in total. The number of nitrogens with two attached hydrogens (primary N) is 1. The third-order valence-corrected chi connectivity index (χ3v) is 4.29. The van der Waals surface area contributed by atoms with E-state index in [1.54, 1.807) is 0 Å². The highest BCUT2D eigenvalue weighted by molar-refractivity contribution is 6.63. The molecule has 1 saturated carbocycles. The maximum absolute atomic E-state index is 10.4. The van der Waals surface area contributed by atoms with Crippen LogP contribution in [0.15, 0.2) is 0 Å². The van der Waals surface area contributed by atoms with Gasteiger partial charge in [-0.15, -0.1) is 0 Å². The fourth-order valence-corrected chi connectivity index (χ4v) is 3.05. The van der Waals surface area contributed by atoms with E-state index in [4.69, 9.17) is 17.3 Å². The summed E-state index contributed by atoms with van der Waals surface area (Å²) in [6.45, 7) is 4.67. The Labute approximate surface area is 130 Å². The molecular weight excluding hydrogens is 272 g/mol. The van der Waals surface area contributed by atoms with Gasteiger partial charge in [0.2, 0.25) is 5.24 Å². The van der Waals surface area contributed by atoms with Crippen LogP contribution in [0.1, 0.15) is 65.2 Å². The smallest absolute Gasteiger partial charge is 0.221 e. The van der Waals surface area contributed by atoms with Gasteiger partial charge < -0.3 is 10.6 Å². The Kier molecular flexibility index (Phi) is 12.5. The van der Waals surface area contributed by atoms with Gasteiger partial charge in [0.05, 0.1) is 0 Å². The van der Waals surface area contributed by atoms with Gasteiger partial charge in [-0.3, -0.25) is 4.79 Å². The highest BCUT2D eigenvalue weighted by atomic mass is 35.5. The van der Waals surface area contributed by atoms with Gasteiger partial charge in [0.25, 0.3) is 0 Å². The first-order valence-corrected chi connectivity index (χ1v) is 8.21.